The maximum atomic E-state index is 12.2. The fraction of sp³-hybridized carbons (Fsp3) is 0.138. The highest BCUT2D eigenvalue weighted by Crippen LogP contribution is 2.36. The van der Waals surface area contributed by atoms with Gasteiger partial charge in [-0.15, -0.1) is 0 Å². The van der Waals surface area contributed by atoms with E-state index in [1.54, 1.807) is 17.5 Å². The van der Waals surface area contributed by atoms with Gasteiger partial charge in [-0.05, 0) is 69.8 Å². The summed E-state index contributed by atoms with van der Waals surface area (Å²) in [6.45, 7) is 4.06. The molecule has 1 amide bonds. The van der Waals surface area contributed by atoms with Crippen LogP contribution in [0.4, 0.5) is 5.69 Å². The van der Waals surface area contributed by atoms with Crippen LogP contribution in [0.3, 0.4) is 0 Å². The monoisotopic (exact) mass is 491 g/mol. The van der Waals surface area contributed by atoms with Gasteiger partial charge in [0.15, 0.2) is 0 Å². The number of aromatic amines is 2. The smallest absolute Gasteiger partial charge is 0.224 e. The van der Waals surface area contributed by atoms with Crippen molar-refractivity contribution >= 4 is 44.7 Å². The second kappa shape index (κ2) is 9.09. The first-order valence-electron chi connectivity index (χ1n) is 11.9. The molecule has 4 heterocycles. The number of hydrogen-bond donors (Lipinski definition) is 3. The highest BCUT2D eigenvalue weighted by molar-refractivity contribution is 7.08. The maximum absolute atomic E-state index is 12.2. The van der Waals surface area contributed by atoms with Crippen molar-refractivity contribution in [3.63, 3.8) is 0 Å². The van der Waals surface area contributed by atoms with E-state index < -0.39 is 0 Å². The lowest BCUT2D eigenvalue weighted by Gasteiger charge is -2.09. The lowest BCUT2D eigenvalue weighted by atomic mass is 10.0. The molecule has 6 rings (SSSR count). The predicted octanol–water partition coefficient (Wildman–Crippen LogP) is 7.49. The van der Waals surface area contributed by atoms with Crippen LogP contribution in [0.5, 0.6) is 0 Å². The van der Waals surface area contributed by atoms with Crippen LogP contribution in [-0.2, 0) is 4.79 Å². The zero-order valence-electron chi connectivity index (χ0n) is 20.0. The molecular weight excluding hydrogens is 466 g/mol. The van der Waals surface area contributed by atoms with Crippen LogP contribution < -0.4 is 5.32 Å². The number of nitrogens with one attached hydrogen (secondary N) is 3. The largest absolute Gasteiger partial charge is 0.353 e. The van der Waals surface area contributed by atoms with Crippen molar-refractivity contribution in [2.45, 2.75) is 20.3 Å². The van der Waals surface area contributed by atoms with Gasteiger partial charge in [-0.3, -0.25) is 14.9 Å². The Kier molecular flexibility index (Phi) is 5.62. The normalized spacial score (nSPS) is 11.5. The van der Waals surface area contributed by atoms with E-state index in [9.17, 15) is 4.79 Å². The molecule has 0 spiro atoms. The SMILES string of the molecule is CC(C)CC(=O)Nc1cncc(-c2ccc3[nH]nc(-c4cc5c(-c6ccsc6)cccc5[nH]4)c3c2)c1. The van der Waals surface area contributed by atoms with Gasteiger partial charge in [0, 0.05) is 34.5 Å². The van der Waals surface area contributed by atoms with Crippen molar-refractivity contribution in [1.82, 2.24) is 20.2 Å². The average molecular weight is 492 g/mol. The van der Waals surface area contributed by atoms with Crippen LogP contribution in [0.1, 0.15) is 20.3 Å². The zero-order valence-corrected chi connectivity index (χ0v) is 20.8. The molecule has 0 fully saturated rings. The molecule has 0 radical (unpaired) electrons. The number of carbonyl (C=O) groups excluding carboxylic acids is 1. The molecule has 178 valence electrons. The first-order valence-corrected chi connectivity index (χ1v) is 12.9. The van der Waals surface area contributed by atoms with Crippen molar-refractivity contribution in [3.05, 3.63) is 77.8 Å². The third-order valence-corrected chi connectivity index (χ3v) is 6.95. The summed E-state index contributed by atoms with van der Waals surface area (Å²) >= 11 is 1.70. The van der Waals surface area contributed by atoms with E-state index in [1.807, 2.05) is 38.2 Å². The molecule has 0 aliphatic carbocycles. The van der Waals surface area contributed by atoms with Crippen LogP contribution in [0.25, 0.3) is 55.4 Å². The van der Waals surface area contributed by atoms with Crippen LogP contribution in [0.2, 0.25) is 0 Å². The molecule has 4 aromatic heterocycles. The molecule has 6 aromatic rings. The molecule has 0 bridgehead atoms. The molecule has 3 N–H and O–H groups in total. The summed E-state index contributed by atoms with van der Waals surface area (Å²) in [7, 11) is 0. The summed E-state index contributed by atoms with van der Waals surface area (Å²) in [5, 5.41) is 17.2. The number of benzene rings is 2. The molecule has 7 heteroatoms. The molecule has 36 heavy (non-hydrogen) atoms. The first kappa shape index (κ1) is 22.2. The first-order chi connectivity index (χ1) is 17.5. The van der Waals surface area contributed by atoms with E-state index in [2.05, 4.69) is 72.6 Å². The fourth-order valence-electron chi connectivity index (χ4n) is 4.60. The van der Waals surface area contributed by atoms with Crippen molar-refractivity contribution in [1.29, 1.82) is 0 Å². The van der Waals surface area contributed by atoms with Gasteiger partial charge in [0.2, 0.25) is 5.91 Å². The van der Waals surface area contributed by atoms with Crippen molar-refractivity contribution in [2.75, 3.05) is 5.32 Å². The number of carbonyl (C=O) groups is 1. The van der Waals surface area contributed by atoms with Gasteiger partial charge in [0.25, 0.3) is 0 Å². The number of H-pyrrole nitrogens is 2. The minimum atomic E-state index is -0.00263. The number of hydrogen-bond acceptors (Lipinski definition) is 4. The Morgan fingerprint density at radius 3 is 2.72 bits per heavy atom. The highest BCUT2D eigenvalue weighted by atomic mass is 32.1. The molecular formula is C29H25N5OS. The van der Waals surface area contributed by atoms with E-state index in [0.717, 1.165) is 38.9 Å². The summed E-state index contributed by atoms with van der Waals surface area (Å²) in [6, 6.07) is 18.8. The summed E-state index contributed by atoms with van der Waals surface area (Å²) < 4.78 is 0. The van der Waals surface area contributed by atoms with Gasteiger partial charge >= 0.3 is 0 Å². The second-order valence-electron chi connectivity index (χ2n) is 9.40. The van der Waals surface area contributed by atoms with Gasteiger partial charge in [0.05, 0.1) is 23.1 Å². The summed E-state index contributed by atoms with van der Waals surface area (Å²) in [6.07, 6.45) is 3.97. The molecule has 2 aromatic carbocycles. The van der Waals surface area contributed by atoms with E-state index in [-0.39, 0.29) is 5.91 Å². The predicted molar refractivity (Wildman–Crippen MR) is 148 cm³/mol. The Labute approximate surface area is 212 Å². The average Bonchev–Trinajstić information content (AvgIpc) is 3.62. The van der Waals surface area contributed by atoms with Crippen molar-refractivity contribution in [3.8, 4) is 33.6 Å². The molecule has 0 atom stereocenters. The lowest BCUT2D eigenvalue weighted by molar-refractivity contribution is -0.116. The van der Waals surface area contributed by atoms with Crippen LogP contribution in [0.15, 0.2) is 77.8 Å². The molecule has 0 saturated carbocycles. The third-order valence-electron chi connectivity index (χ3n) is 6.26. The van der Waals surface area contributed by atoms with Crippen LogP contribution in [0, 0.1) is 5.92 Å². The number of amides is 1. The molecule has 0 unspecified atom stereocenters. The quantitative estimate of drug-likeness (QED) is 0.226. The summed E-state index contributed by atoms with van der Waals surface area (Å²) in [5.74, 6) is 0.297. The van der Waals surface area contributed by atoms with Gasteiger partial charge in [-0.2, -0.15) is 16.4 Å². The summed E-state index contributed by atoms with van der Waals surface area (Å²) in [5.41, 5.74) is 8.93. The Morgan fingerprint density at radius 2 is 1.89 bits per heavy atom. The van der Waals surface area contributed by atoms with Crippen molar-refractivity contribution in [2.24, 2.45) is 5.92 Å². The van der Waals surface area contributed by atoms with Crippen LogP contribution in [-0.4, -0.2) is 26.1 Å². The summed E-state index contributed by atoms with van der Waals surface area (Å²) in [4.78, 5) is 20.2. The number of thiophene rings is 1. The number of fused-ring (bicyclic) bond motifs is 2. The topological polar surface area (TPSA) is 86.5 Å². The van der Waals surface area contributed by atoms with E-state index >= 15 is 0 Å². The zero-order chi connectivity index (χ0) is 24.6. The van der Waals surface area contributed by atoms with Gasteiger partial charge in [-0.25, -0.2) is 0 Å². The van der Waals surface area contributed by atoms with Gasteiger partial charge in [-0.1, -0.05) is 32.0 Å². The Bertz CT molecular complexity index is 1690. The van der Waals surface area contributed by atoms with E-state index in [1.165, 1.54) is 16.5 Å². The molecule has 0 aliphatic heterocycles. The Balaban J connectivity index is 1.38. The van der Waals surface area contributed by atoms with Crippen LogP contribution >= 0.6 is 11.3 Å². The van der Waals surface area contributed by atoms with Crippen molar-refractivity contribution < 1.29 is 4.79 Å². The number of rotatable bonds is 6. The van der Waals surface area contributed by atoms with Gasteiger partial charge in [0.1, 0.15) is 5.69 Å². The minimum absolute atomic E-state index is 0.00263. The number of aromatic nitrogens is 4. The highest BCUT2D eigenvalue weighted by Gasteiger charge is 2.15. The number of anilines is 1. The molecule has 0 saturated heterocycles. The maximum Gasteiger partial charge on any atom is 0.224 e. The van der Waals surface area contributed by atoms with Gasteiger partial charge < -0.3 is 10.3 Å². The molecule has 0 aliphatic rings. The van der Waals surface area contributed by atoms with E-state index in [0.29, 0.717) is 18.0 Å². The third kappa shape index (κ3) is 4.18. The Hall–Kier alpha value is -4.23. The van der Waals surface area contributed by atoms with E-state index in [4.69, 9.17) is 0 Å². The number of pyridine rings is 1. The Morgan fingerprint density at radius 1 is 0.972 bits per heavy atom. The second-order valence-corrected chi connectivity index (χ2v) is 10.2. The number of nitrogens with zero attached hydrogens (tertiary/aromatic N) is 2. The lowest BCUT2D eigenvalue weighted by Crippen LogP contribution is -2.13. The standard InChI is InChI=1S/C29H25N5OS/c1-17(2)10-28(35)31-21-11-20(14-30-15-21)18-6-7-26-24(12-18)29(34-33-26)27-13-23-22(19-8-9-36-16-19)4-3-5-25(23)32-27/h3-9,11-17,32H,10H2,1-2H3,(H,31,35)(H,33,34). The minimum Gasteiger partial charge on any atom is -0.353 e. The fourth-order valence-corrected chi connectivity index (χ4v) is 5.26. The molecule has 6 nitrogen and oxygen atoms in total.